The van der Waals surface area contributed by atoms with Gasteiger partial charge in [0.2, 0.25) is 0 Å². The van der Waals surface area contributed by atoms with E-state index in [0.29, 0.717) is 17.4 Å². The Morgan fingerprint density at radius 3 is 1.80 bits per heavy atom. The average Bonchev–Trinajstić information content (AvgIpc) is 2.70. The first-order valence-corrected chi connectivity index (χ1v) is 11.5. The van der Waals surface area contributed by atoms with E-state index in [2.05, 4.69) is 19.1 Å². The Morgan fingerprint density at radius 1 is 0.833 bits per heavy atom. The van der Waals surface area contributed by atoms with Gasteiger partial charge in [-0.3, -0.25) is 0 Å². The maximum Gasteiger partial charge on any atom is 0.422 e. The summed E-state index contributed by atoms with van der Waals surface area (Å²) in [4.78, 5) is 0. The van der Waals surface area contributed by atoms with Crippen molar-refractivity contribution in [2.75, 3.05) is 0 Å². The van der Waals surface area contributed by atoms with Crippen molar-refractivity contribution in [3.8, 4) is 0 Å². The molecule has 2 aliphatic carbocycles. The van der Waals surface area contributed by atoms with Crippen LogP contribution in [0.25, 0.3) is 0 Å². The number of hydrogen-bond donors (Lipinski definition) is 0. The molecule has 0 unspecified atom stereocenters. The van der Waals surface area contributed by atoms with E-state index in [0.717, 1.165) is 43.7 Å². The van der Waals surface area contributed by atoms with Crippen LogP contribution in [0.4, 0.5) is 22.0 Å². The predicted molar refractivity (Wildman–Crippen MR) is 110 cm³/mol. The first-order chi connectivity index (χ1) is 14.3. The number of unbranched alkanes of at least 4 members (excludes halogenated alkanes) is 1. The topological polar surface area (TPSA) is 0 Å². The molecular formula is C25H33F5. The van der Waals surface area contributed by atoms with Gasteiger partial charge in [-0.25, -0.2) is 8.78 Å². The summed E-state index contributed by atoms with van der Waals surface area (Å²) in [6.45, 7) is 2.24. The Kier molecular flexibility index (Phi) is 7.98. The molecule has 0 bridgehead atoms. The summed E-state index contributed by atoms with van der Waals surface area (Å²) in [6.07, 6.45) is 12.2. The highest BCUT2D eigenvalue weighted by molar-refractivity contribution is 5.31. The second kappa shape index (κ2) is 10.3. The number of rotatable bonds is 6. The lowest BCUT2D eigenvalue weighted by Crippen LogP contribution is -2.16. The maximum absolute atomic E-state index is 13.9. The molecule has 1 aromatic rings. The third-order valence-corrected chi connectivity index (χ3v) is 7.10. The van der Waals surface area contributed by atoms with Gasteiger partial charge in [0, 0.05) is 0 Å². The van der Waals surface area contributed by atoms with Gasteiger partial charge < -0.3 is 0 Å². The summed E-state index contributed by atoms with van der Waals surface area (Å²) < 4.78 is 66.1. The largest absolute Gasteiger partial charge is 0.422 e. The standard InChI is InChI=1S/C25H33F5/c1-2-3-4-17-5-7-18(8-6-17)9-10-19-11-13-20(14-12-19)21-15-22(26)24(23(27)16-21)25(28,29)30/h9-10,15-20H,2-8,11-14H2,1H3. The van der Waals surface area contributed by atoms with Crippen LogP contribution in [0.3, 0.4) is 0 Å². The predicted octanol–water partition coefficient (Wildman–Crippen LogP) is 8.81. The number of benzene rings is 1. The van der Waals surface area contributed by atoms with E-state index in [1.54, 1.807) is 0 Å². The lowest BCUT2D eigenvalue weighted by atomic mass is 9.76. The number of halogens is 5. The minimum atomic E-state index is -5.01. The van der Waals surface area contributed by atoms with Gasteiger partial charge in [-0.05, 0) is 92.7 Å². The molecule has 0 atom stereocenters. The van der Waals surface area contributed by atoms with Crippen molar-refractivity contribution >= 4 is 0 Å². The van der Waals surface area contributed by atoms with Gasteiger partial charge >= 0.3 is 6.18 Å². The van der Waals surface area contributed by atoms with E-state index in [4.69, 9.17) is 0 Å². The summed E-state index contributed by atoms with van der Waals surface area (Å²) in [6, 6.07) is 1.76. The van der Waals surface area contributed by atoms with Crippen LogP contribution in [0.2, 0.25) is 0 Å². The molecule has 1 aromatic carbocycles. The van der Waals surface area contributed by atoms with E-state index >= 15 is 0 Å². The monoisotopic (exact) mass is 428 g/mol. The molecular weight excluding hydrogens is 395 g/mol. The lowest BCUT2D eigenvalue weighted by Gasteiger charge is -2.29. The molecule has 30 heavy (non-hydrogen) atoms. The normalized spacial score (nSPS) is 28.2. The fourth-order valence-electron chi connectivity index (χ4n) is 5.22. The zero-order valence-electron chi connectivity index (χ0n) is 17.8. The van der Waals surface area contributed by atoms with Crippen molar-refractivity contribution in [2.45, 2.75) is 89.6 Å². The minimum Gasteiger partial charge on any atom is -0.206 e. The summed E-state index contributed by atoms with van der Waals surface area (Å²) in [5, 5.41) is 0. The number of hydrogen-bond acceptors (Lipinski definition) is 0. The number of allylic oxidation sites excluding steroid dienone is 2. The van der Waals surface area contributed by atoms with Crippen LogP contribution in [-0.2, 0) is 6.18 Å². The first-order valence-electron chi connectivity index (χ1n) is 11.5. The fourth-order valence-corrected chi connectivity index (χ4v) is 5.22. The summed E-state index contributed by atoms with van der Waals surface area (Å²) in [5.41, 5.74) is -1.43. The van der Waals surface area contributed by atoms with Crippen molar-refractivity contribution in [1.82, 2.24) is 0 Å². The molecule has 3 rings (SSSR count). The lowest BCUT2D eigenvalue weighted by molar-refractivity contribution is -0.142. The molecule has 2 fully saturated rings. The highest BCUT2D eigenvalue weighted by atomic mass is 19.4. The van der Waals surface area contributed by atoms with E-state index < -0.39 is 23.4 Å². The highest BCUT2D eigenvalue weighted by Crippen LogP contribution is 2.40. The molecule has 0 aromatic heterocycles. The number of alkyl halides is 3. The smallest absolute Gasteiger partial charge is 0.206 e. The third-order valence-electron chi connectivity index (χ3n) is 7.10. The molecule has 0 heterocycles. The van der Waals surface area contributed by atoms with E-state index in [1.165, 1.54) is 44.9 Å². The molecule has 0 radical (unpaired) electrons. The molecule has 0 spiro atoms. The Balaban J connectivity index is 1.49. The molecule has 2 aliphatic rings. The summed E-state index contributed by atoms with van der Waals surface area (Å²) in [5.74, 6) is -1.06. The Morgan fingerprint density at radius 2 is 1.33 bits per heavy atom. The van der Waals surface area contributed by atoms with E-state index in [9.17, 15) is 22.0 Å². The minimum absolute atomic E-state index is 0.0741. The maximum atomic E-state index is 13.9. The molecule has 0 nitrogen and oxygen atoms in total. The first kappa shape index (κ1) is 23.3. The van der Waals surface area contributed by atoms with E-state index in [1.807, 2.05) is 0 Å². The van der Waals surface area contributed by atoms with Crippen LogP contribution >= 0.6 is 0 Å². The quantitative estimate of drug-likeness (QED) is 0.314. The van der Waals surface area contributed by atoms with Crippen LogP contribution in [0.1, 0.15) is 94.6 Å². The molecule has 0 saturated heterocycles. The fraction of sp³-hybridized carbons (Fsp3) is 0.680. The van der Waals surface area contributed by atoms with Crippen LogP contribution in [0.15, 0.2) is 24.3 Å². The molecule has 0 amide bonds. The Labute approximate surface area is 176 Å². The second-order valence-electron chi connectivity index (χ2n) is 9.28. The Hall–Kier alpha value is -1.39. The van der Waals surface area contributed by atoms with Gasteiger partial charge in [-0.2, -0.15) is 13.2 Å². The molecule has 168 valence electrons. The zero-order chi connectivity index (χ0) is 21.7. The van der Waals surface area contributed by atoms with Crippen molar-refractivity contribution in [2.24, 2.45) is 17.8 Å². The van der Waals surface area contributed by atoms with Gasteiger partial charge in [-0.15, -0.1) is 0 Å². The van der Waals surface area contributed by atoms with Crippen molar-refractivity contribution in [3.05, 3.63) is 47.0 Å². The van der Waals surface area contributed by atoms with Crippen LogP contribution in [0.5, 0.6) is 0 Å². The van der Waals surface area contributed by atoms with Gasteiger partial charge in [0.05, 0.1) is 0 Å². The highest BCUT2D eigenvalue weighted by Gasteiger charge is 2.38. The van der Waals surface area contributed by atoms with Gasteiger partial charge in [-0.1, -0.05) is 38.3 Å². The van der Waals surface area contributed by atoms with Crippen LogP contribution in [0, 0.1) is 29.4 Å². The molecule has 0 aliphatic heterocycles. The summed E-state index contributed by atoms with van der Waals surface area (Å²) >= 11 is 0. The second-order valence-corrected chi connectivity index (χ2v) is 9.28. The van der Waals surface area contributed by atoms with Crippen LogP contribution in [-0.4, -0.2) is 0 Å². The zero-order valence-corrected chi connectivity index (χ0v) is 17.8. The van der Waals surface area contributed by atoms with Gasteiger partial charge in [0.25, 0.3) is 0 Å². The van der Waals surface area contributed by atoms with Crippen molar-refractivity contribution < 1.29 is 22.0 Å². The van der Waals surface area contributed by atoms with E-state index in [-0.39, 0.29) is 5.92 Å². The SMILES string of the molecule is CCCCC1CCC(C=CC2CCC(c3cc(F)c(C(F)(F)F)c(F)c3)CC2)CC1. The van der Waals surface area contributed by atoms with Crippen molar-refractivity contribution in [1.29, 1.82) is 0 Å². The average molecular weight is 429 g/mol. The van der Waals surface area contributed by atoms with Gasteiger partial charge in [0.15, 0.2) is 0 Å². The Bertz CT molecular complexity index is 682. The molecule has 2 saturated carbocycles. The van der Waals surface area contributed by atoms with Crippen molar-refractivity contribution in [3.63, 3.8) is 0 Å². The van der Waals surface area contributed by atoms with Crippen LogP contribution < -0.4 is 0 Å². The molecule has 5 heteroatoms. The van der Waals surface area contributed by atoms with Gasteiger partial charge in [0.1, 0.15) is 17.2 Å². The third kappa shape index (κ3) is 6.07. The molecule has 0 N–H and O–H groups in total. The summed E-state index contributed by atoms with van der Waals surface area (Å²) in [7, 11) is 0.